The molecule has 0 bridgehead atoms. The van der Waals surface area contributed by atoms with Crippen molar-refractivity contribution in [3.63, 3.8) is 0 Å². The number of anilines is 1. The summed E-state index contributed by atoms with van der Waals surface area (Å²) in [6, 6.07) is 7.15. The van der Waals surface area contributed by atoms with Crippen LogP contribution in [0.4, 0.5) is 5.82 Å². The standard InChI is InChI=1S/C13H14ClN3O2/c1-19-10-4-2-3-9(5-10)11(8-18)16-13-7-15-6-12(14)17-13/h2-7,11,18H,8H2,1H3,(H,16,17)/t11-/m0/s1. The number of nitrogens with zero attached hydrogens (tertiary/aromatic N) is 2. The van der Waals surface area contributed by atoms with Crippen LogP contribution in [0.3, 0.4) is 0 Å². The van der Waals surface area contributed by atoms with Gasteiger partial charge in [-0.25, -0.2) is 4.98 Å². The van der Waals surface area contributed by atoms with E-state index in [1.807, 2.05) is 24.3 Å². The average molecular weight is 280 g/mol. The van der Waals surface area contributed by atoms with Crippen LogP contribution in [0.15, 0.2) is 36.7 Å². The summed E-state index contributed by atoms with van der Waals surface area (Å²) in [6.45, 7) is -0.0820. The highest BCUT2D eigenvalue weighted by molar-refractivity contribution is 6.29. The third-order valence-electron chi connectivity index (χ3n) is 2.61. The maximum atomic E-state index is 9.49. The summed E-state index contributed by atoms with van der Waals surface area (Å²) in [4.78, 5) is 8.01. The lowest BCUT2D eigenvalue weighted by Crippen LogP contribution is -2.15. The number of rotatable bonds is 5. The molecule has 1 atom stereocenters. The van der Waals surface area contributed by atoms with Gasteiger partial charge >= 0.3 is 0 Å². The molecule has 2 rings (SSSR count). The summed E-state index contributed by atoms with van der Waals surface area (Å²) >= 11 is 5.77. The van der Waals surface area contributed by atoms with Crippen molar-refractivity contribution in [3.8, 4) is 5.75 Å². The molecular formula is C13H14ClN3O2. The lowest BCUT2D eigenvalue weighted by atomic mass is 10.1. The van der Waals surface area contributed by atoms with Gasteiger partial charge in [-0.1, -0.05) is 23.7 Å². The van der Waals surface area contributed by atoms with Crippen LogP contribution in [-0.4, -0.2) is 28.8 Å². The molecule has 1 heterocycles. The van der Waals surface area contributed by atoms with Crippen LogP contribution in [0.5, 0.6) is 5.75 Å². The lowest BCUT2D eigenvalue weighted by Gasteiger charge is -2.17. The van der Waals surface area contributed by atoms with E-state index in [0.717, 1.165) is 11.3 Å². The Labute approximate surface area is 116 Å². The zero-order valence-electron chi connectivity index (χ0n) is 10.4. The molecule has 2 N–H and O–H groups in total. The highest BCUT2D eigenvalue weighted by Gasteiger charge is 2.12. The smallest absolute Gasteiger partial charge is 0.149 e. The highest BCUT2D eigenvalue weighted by atomic mass is 35.5. The number of nitrogens with one attached hydrogen (secondary N) is 1. The second-order valence-electron chi connectivity index (χ2n) is 3.88. The van der Waals surface area contributed by atoms with Gasteiger partial charge in [0, 0.05) is 0 Å². The normalized spacial score (nSPS) is 11.9. The fourth-order valence-corrected chi connectivity index (χ4v) is 1.83. The van der Waals surface area contributed by atoms with Gasteiger partial charge in [-0.2, -0.15) is 0 Å². The monoisotopic (exact) mass is 279 g/mol. The molecular weight excluding hydrogens is 266 g/mol. The first kappa shape index (κ1) is 13.6. The first-order chi connectivity index (χ1) is 9.22. The van der Waals surface area contributed by atoms with Crippen LogP contribution in [0.2, 0.25) is 5.15 Å². The zero-order valence-corrected chi connectivity index (χ0v) is 11.1. The van der Waals surface area contributed by atoms with Gasteiger partial charge in [0.1, 0.15) is 16.7 Å². The van der Waals surface area contributed by atoms with E-state index in [4.69, 9.17) is 16.3 Å². The summed E-state index contributed by atoms with van der Waals surface area (Å²) < 4.78 is 5.16. The van der Waals surface area contributed by atoms with Crippen molar-refractivity contribution < 1.29 is 9.84 Å². The Morgan fingerprint density at radius 1 is 1.42 bits per heavy atom. The number of methoxy groups -OCH3 is 1. The van der Waals surface area contributed by atoms with Crippen LogP contribution in [0.1, 0.15) is 11.6 Å². The van der Waals surface area contributed by atoms with E-state index in [-0.39, 0.29) is 12.6 Å². The predicted octanol–water partition coefficient (Wildman–Crippen LogP) is 2.28. The number of hydrogen-bond donors (Lipinski definition) is 2. The molecule has 0 aliphatic carbocycles. The topological polar surface area (TPSA) is 67.3 Å². The Balaban J connectivity index is 2.19. The Bertz CT molecular complexity index is 551. The molecule has 0 radical (unpaired) electrons. The van der Waals surface area contributed by atoms with Crippen molar-refractivity contribution in [2.24, 2.45) is 0 Å². The summed E-state index contributed by atoms with van der Waals surface area (Å²) in [5.41, 5.74) is 0.892. The molecule has 0 fully saturated rings. The molecule has 100 valence electrons. The summed E-state index contributed by atoms with van der Waals surface area (Å²) in [6.07, 6.45) is 3.00. The second kappa shape index (κ2) is 6.36. The quantitative estimate of drug-likeness (QED) is 0.879. The average Bonchev–Trinajstić information content (AvgIpc) is 2.45. The minimum Gasteiger partial charge on any atom is -0.497 e. The SMILES string of the molecule is COc1cccc([C@H](CO)Nc2cncc(Cl)n2)c1. The van der Waals surface area contributed by atoms with Gasteiger partial charge in [0.25, 0.3) is 0 Å². The number of aliphatic hydroxyl groups excluding tert-OH is 1. The van der Waals surface area contributed by atoms with Gasteiger partial charge in [0.05, 0.1) is 32.2 Å². The van der Waals surface area contributed by atoms with Crippen molar-refractivity contribution in [1.29, 1.82) is 0 Å². The molecule has 6 heteroatoms. The molecule has 0 unspecified atom stereocenters. The van der Waals surface area contributed by atoms with Crippen LogP contribution in [-0.2, 0) is 0 Å². The number of ether oxygens (including phenoxy) is 1. The maximum Gasteiger partial charge on any atom is 0.149 e. The Kier molecular flexibility index (Phi) is 4.54. The van der Waals surface area contributed by atoms with Gasteiger partial charge in [0.15, 0.2) is 0 Å². The van der Waals surface area contributed by atoms with Gasteiger partial charge < -0.3 is 15.2 Å². The van der Waals surface area contributed by atoms with E-state index in [2.05, 4.69) is 15.3 Å². The fourth-order valence-electron chi connectivity index (χ4n) is 1.68. The van der Waals surface area contributed by atoms with E-state index in [0.29, 0.717) is 11.0 Å². The molecule has 0 aliphatic heterocycles. The van der Waals surface area contributed by atoms with Gasteiger partial charge in [0.2, 0.25) is 0 Å². The Hall–Kier alpha value is -1.85. The Morgan fingerprint density at radius 3 is 2.95 bits per heavy atom. The van der Waals surface area contributed by atoms with Crippen LogP contribution < -0.4 is 10.1 Å². The van der Waals surface area contributed by atoms with Gasteiger partial charge in [-0.3, -0.25) is 4.98 Å². The van der Waals surface area contributed by atoms with Gasteiger partial charge in [-0.15, -0.1) is 0 Å². The first-order valence-corrected chi connectivity index (χ1v) is 6.09. The van der Waals surface area contributed by atoms with Crippen molar-refractivity contribution in [3.05, 3.63) is 47.4 Å². The van der Waals surface area contributed by atoms with Crippen LogP contribution in [0, 0.1) is 0 Å². The van der Waals surface area contributed by atoms with Crippen molar-refractivity contribution in [1.82, 2.24) is 9.97 Å². The molecule has 1 aromatic carbocycles. The van der Waals surface area contributed by atoms with Crippen molar-refractivity contribution in [2.45, 2.75) is 6.04 Å². The number of hydrogen-bond acceptors (Lipinski definition) is 5. The number of benzene rings is 1. The predicted molar refractivity (Wildman–Crippen MR) is 73.5 cm³/mol. The molecule has 2 aromatic rings. The summed E-state index contributed by atoms with van der Waals surface area (Å²) in [5, 5.41) is 12.9. The molecule has 0 spiro atoms. The minimum absolute atomic E-state index is 0.0820. The molecule has 0 aliphatic rings. The zero-order chi connectivity index (χ0) is 13.7. The molecule has 0 amide bonds. The fraction of sp³-hybridized carbons (Fsp3) is 0.231. The third-order valence-corrected chi connectivity index (χ3v) is 2.79. The molecule has 0 saturated heterocycles. The molecule has 0 saturated carbocycles. The van der Waals surface area contributed by atoms with Crippen molar-refractivity contribution >= 4 is 17.4 Å². The van der Waals surface area contributed by atoms with E-state index in [9.17, 15) is 5.11 Å². The third kappa shape index (κ3) is 3.56. The maximum absolute atomic E-state index is 9.49. The number of halogens is 1. The lowest BCUT2D eigenvalue weighted by molar-refractivity contribution is 0.276. The van der Waals surface area contributed by atoms with E-state index >= 15 is 0 Å². The van der Waals surface area contributed by atoms with E-state index in [1.165, 1.54) is 6.20 Å². The van der Waals surface area contributed by atoms with E-state index < -0.39 is 0 Å². The van der Waals surface area contributed by atoms with Crippen LogP contribution in [0.25, 0.3) is 0 Å². The van der Waals surface area contributed by atoms with Gasteiger partial charge in [-0.05, 0) is 17.7 Å². The first-order valence-electron chi connectivity index (χ1n) is 5.72. The Morgan fingerprint density at radius 2 is 2.26 bits per heavy atom. The van der Waals surface area contributed by atoms with Crippen LogP contribution >= 0.6 is 11.6 Å². The number of aromatic nitrogens is 2. The minimum atomic E-state index is -0.303. The van der Waals surface area contributed by atoms with Crippen molar-refractivity contribution in [2.75, 3.05) is 19.0 Å². The molecule has 5 nitrogen and oxygen atoms in total. The summed E-state index contributed by atoms with van der Waals surface area (Å²) in [5.74, 6) is 1.24. The highest BCUT2D eigenvalue weighted by Crippen LogP contribution is 2.22. The second-order valence-corrected chi connectivity index (χ2v) is 4.27. The van der Waals surface area contributed by atoms with E-state index in [1.54, 1.807) is 13.3 Å². The molecule has 19 heavy (non-hydrogen) atoms. The largest absolute Gasteiger partial charge is 0.497 e. The molecule has 1 aromatic heterocycles. The summed E-state index contributed by atoms with van der Waals surface area (Å²) in [7, 11) is 1.60. The number of aliphatic hydroxyl groups is 1.